The number of anilines is 1. The molecule has 1 aromatic heterocycles. The third-order valence-corrected chi connectivity index (χ3v) is 3.29. The van der Waals surface area contributed by atoms with E-state index in [4.69, 9.17) is 4.74 Å². The predicted molar refractivity (Wildman–Crippen MR) is 79.5 cm³/mol. The van der Waals surface area contributed by atoms with Gasteiger partial charge in [-0.05, 0) is 31.5 Å². The van der Waals surface area contributed by atoms with Gasteiger partial charge in [0.1, 0.15) is 11.6 Å². The molecule has 1 atom stereocenters. The maximum atomic E-state index is 5.14. The van der Waals surface area contributed by atoms with Gasteiger partial charge in [0.05, 0.1) is 7.11 Å². The first-order valence-corrected chi connectivity index (χ1v) is 6.79. The largest absolute Gasteiger partial charge is 0.481 e. The molecule has 0 saturated heterocycles. The zero-order chi connectivity index (χ0) is 13.8. The van der Waals surface area contributed by atoms with Crippen LogP contribution in [0.3, 0.4) is 0 Å². The lowest BCUT2D eigenvalue weighted by atomic mass is 10.1. The molecule has 0 aliphatic rings. The SMILES string of the molecule is COc1cc(NC(C)c2ccc(Br)cc2)nc(C)n1. The molecular formula is C14H16BrN3O. The van der Waals surface area contributed by atoms with Crippen molar-refractivity contribution in [3.05, 3.63) is 46.2 Å². The molecule has 2 aromatic rings. The molecule has 0 spiro atoms. The molecule has 2 rings (SSSR count). The van der Waals surface area contributed by atoms with E-state index in [-0.39, 0.29) is 6.04 Å². The number of nitrogens with one attached hydrogen (secondary N) is 1. The van der Waals surface area contributed by atoms with Crippen molar-refractivity contribution in [1.82, 2.24) is 9.97 Å². The van der Waals surface area contributed by atoms with Crippen molar-refractivity contribution in [2.45, 2.75) is 19.9 Å². The molecule has 0 amide bonds. The molecule has 0 aliphatic heterocycles. The zero-order valence-electron chi connectivity index (χ0n) is 11.1. The van der Waals surface area contributed by atoms with Crippen LogP contribution in [-0.2, 0) is 0 Å². The number of halogens is 1. The lowest BCUT2D eigenvalue weighted by Crippen LogP contribution is -2.09. The van der Waals surface area contributed by atoms with Crippen LogP contribution in [0.4, 0.5) is 5.82 Å². The molecule has 0 fully saturated rings. The standard InChI is InChI=1S/C14H16BrN3O/c1-9(11-4-6-12(15)7-5-11)16-13-8-14(19-3)18-10(2)17-13/h4-9H,1-3H3,(H,16,17,18). The highest BCUT2D eigenvalue weighted by Gasteiger charge is 2.08. The lowest BCUT2D eigenvalue weighted by molar-refractivity contribution is 0.396. The molecule has 100 valence electrons. The third kappa shape index (κ3) is 3.67. The summed E-state index contributed by atoms with van der Waals surface area (Å²) in [5.74, 6) is 2.02. The molecule has 0 radical (unpaired) electrons. The van der Waals surface area contributed by atoms with Crippen LogP contribution in [0.5, 0.6) is 5.88 Å². The minimum absolute atomic E-state index is 0.159. The quantitative estimate of drug-likeness (QED) is 0.932. The Balaban J connectivity index is 2.16. The van der Waals surface area contributed by atoms with Crippen molar-refractivity contribution in [3.8, 4) is 5.88 Å². The van der Waals surface area contributed by atoms with E-state index in [1.54, 1.807) is 13.2 Å². The van der Waals surface area contributed by atoms with Crippen LogP contribution < -0.4 is 10.1 Å². The van der Waals surface area contributed by atoms with Crippen LogP contribution in [-0.4, -0.2) is 17.1 Å². The summed E-state index contributed by atoms with van der Waals surface area (Å²) in [7, 11) is 1.60. The minimum atomic E-state index is 0.159. The highest BCUT2D eigenvalue weighted by Crippen LogP contribution is 2.21. The molecule has 4 nitrogen and oxygen atoms in total. The molecule has 0 aliphatic carbocycles. The van der Waals surface area contributed by atoms with Gasteiger partial charge in [0.25, 0.3) is 0 Å². The van der Waals surface area contributed by atoms with E-state index in [0.29, 0.717) is 11.7 Å². The van der Waals surface area contributed by atoms with Crippen molar-refractivity contribution in [1.29, 1.82) is 0 Å². The van der Waals surface area contributed by atoms with E-state index in [9.17, 15) is 0 Å². The first-order valence-electron chi connectivity index (χ1n) is 6.00. The summed E-state index contributed by atoms with van der Waals surface area (Å²) in [6.07, 6.45) is 0. The number of aryl methyl sites for hydroxylation is 1. The Bertz CT molecular complexity index is 557. The lowest BCUT2D eigenvalue weighted by Gasteiger charge is -2.15. The number of rotatable bonds is 4. The Morgan fingerprint density at radius 3 is 2.53 bits per heavy atom. The minimum Gasteiger partial charge on any atom is -0.481 e. The summed E-state index contributed by atoms with van der Waals surface area (Å²) in [5.41, 5.74) is 1.19. The van der Waals surface area contributed by atoms with E-state index in [2.05, 4.69) is 50.3 Å². The Morgan fingerprint density at radius 1 is 1.21 bits per heavy atom. The van der Waals surface area contributed by atoms with E-state index in [0.717, 1.165) is 10.3 Å². The third-order valence-electron chi connectivity index (χ3n) is 2.76. The zero-order valence-corrected chi connectivity index (χ0v) is 12.7. The van der Waals surface area contributed by atoms with E-state index in [1.165, 1.54) is 5.56 Å². The number of hydrogen-bond acceptors (Lipinski definition) is 4. The first-order chi connectivity index (χ1) is 9.08. The molecular weight excluding hydrogens is 306 g/mol. The van der Waals surface area contributed by atoms with Gasteiger partial charge < -0.3 is 10.1 Å². The second-order valence-corrected chi connectivity index (χ2v) is 5.18. The number of hydrogen-bond donors (Lipinski definition) is 1. The van der Waals surface area contributed by atoms with Crippen LogP contribution in [0.25, 0.3) is 0 Å². The summed E-state index contributed by atoms with van der Waals surface area (Å²) >= 11 is 3.43. The highest BCUT2D eigenvalue weighted by molar-refractivity contribution is 9.10. The number of nitrogens with zero attached hydrogens (tertiary/aromatic N) is 2. The van der Waals surface area contributed by atoms with E-state index >= 15 is 0 Å². The van der Waals surface area contributed by atoms with Gasteiger partial charge in [-0.3, -0.25) is 0 Å². The average molecular weight is 322 g/mol. The Labute approximate surface area is 121 Å². The summed E-state index contributed by atoms with van der Waals surface area (Å²) in [6.45, 7) is 3.94. The van der Waals surface area contributed by atoms with Gasteiger partial charge >= 0.3 is 0 Å². The van der Waals surface area contributed by atoms with Crippen molar-refractivity contribution in [3.63, 3.8) is 0 Å². The van der Waals surface area contributed by atoms with Crippen molar-refractivity contribution < 1.29 is 4.74 Å². The fourth-order valence-corrected chi connectivity index (χ4v) is 2.04. The van der Waals surface area contributed by atoms with E-state index in [1.807, 2.05) is 19.1 Å². The number of aromatic nitrogens is 2. The monoisotopic (exact) mass is 321 g/mol. The number of ether oxygens (including phenoxy) is 1. The molecule has 5 heteroatoms. The Hall–Kier alpha value is -1.62. The topological polar surface area (TPSA) is 47.0 Å². The fourth-order valence-electron chi connectivity index (χ4n) is 1.78. The maximum Gasteiger partial charge on any atom is 0.218 e. The fraction of sp³-hybridized carbons (Fsp3) is 0.286. The molecule has 1 unspecified atom stereocenters. The highest BCUT2D eigenvalue weighted by atomic mass is 79.9. The summed E-state index contributed by atoms with van der Waals surface area (Å²) in [5, 5.41) is 3.35. The van der Waals surface area contributed by atoms with Crippen molar-refractivity contribution in [2.75, 3.05) is 12.4 Å². The predicted octanol–water partition coefficient (Wildman–Crippen LogP) is 3.73. The summed E-state index contributed by atoms with van der Waals surface area (Å²) in [6, 6.07) is 10.2. The van der Waals surface area contributed by atoms with Crippen LogP contribution in [0.2, 0.25) is 0 Å². The summed E-state index contributed by atoms with van der Waals surface area (Å²) in [4.78, 5) is 8.52. The van der Waals surface area contributed by atoms with Crippen LogP contribution >= 0.6 is 15.9 Å². The molecule has 0 saturated carbocycles. The molecule has 1 aromatic carbocycles. The van der Waals surface area contributed by atoms with Crippen molar-refractivity contribution in [2.24, 2.45) is 0 Å². The van der Waals surface area contributed by atoms with Crippen LogP contribution in [0.15, 0.2) is 34.8 Å². The molecule has 19 heavy (non-hydrogen) atoms. The van der Waals surface area contributed by atoms with Crippen LogP contribution in [0, 0.1) is 6.92 Å². The average Bonchev–Trinajstić information content (AvgIpc) is 2.38. The summed E-state index contributed by atoms with van der Waals surface area (Å²) < 4.78 is 6.21. The van der Waals surface area contributed by atoms with Gasteiger partial charge in [-0.15, -0.1) is 0 Å². The van der Waals surface area contributed by atoms with Gasteiger partial charge in [-0.2, -0.15) is 4.98 Å². The van der Waals surface area contributed by atoms with Gasteiger partial charge in [-0.25, -0.2) is 4.98 Å². The van der Waals surface area contributed by atoms with Gasteiger partial charge in [0.2, 0.25) is 5.88 Å². The second-order valence-electron chi connectivity index (χ2n) is 4.26. The first kappa shape index (κ1) is 13.8. The van der Waals surface area contributed by atoms with Gasteiger partial charge in [-0.1, -0.05) is 28.1 Å². The Kier molecular flexibility index (Phi) is 4.37. The van der Waals surface area contributed by atoms with Gasteiger partial charge in [0, 0.05) is 16.6 Å². The van der Waals surface area contributed by atoms with Crippen LogP contribution in [0.1, 0.15) is 24.4 Å². The van der Waals surface area contributed by atoms with Gasteiger partial charge in [0.15, 0.2) is 0 Å². The van der Waals surface area contributed by atoms with E-state index < -0.39 is 0 Å². The normalized spacial score (nSPS) is 12.0. The number of benzene rings is 1. The second kappa shape index (κ2) is 6.02. The molecule has 1 N–H and O–H groups in total. The smallest absolute Gasteiger partial charge is 0.218 e. The molecule has 1 heterocycles. The molecule has 0 bridgehead atoms. The Morgan fingerprint density at radius 2 is 1.89 bits per heavy atom. The van der Waals surface area contributed by atoms with Crippen molar-refractivity contribution >= 4 is 21.7 Å². The number of methoxy groups -OCH3 is 1. The maximum absolute atomic E-state index is 5.14.